The van der Waals surface area contributed by atoms with Crippen molar-refractivity contribution in [3.8, 4) is 0 Å². The molecule has 6 heteroatoms. The maximum Gasteiger partial charge on any atom is 0.214 e. The van der Waals surface area contributed by atoms with Crippen molar-refractivity contribution in [1.82, 2.24) is 9.78 Å². The minimum absolute atomic E-state index is 0.225. The summed E-state index contributed by atoms with van der Waals surface area (Å²) in [6.07, 6.45) is 1.46. The Kier molecular flexibility index (Phi) is 4.10. The Morgan fingerprint density at radius 3 is 2.72 bits per heavy atom. The van der Waals surface area contributed by atoms with Crippen molar-refractivity contribution in [2.45, 2.75) is 13.5 Å². The van der Waals surface area contributed by atoms with Crippen molar-refractivity contribution in [1.29, 1.82) is 0 Å². The van der Waals surface area contributed by atoms with Gasteiger partial charge in [0.25, 0.3) is 0 Å². The minimum atomic E-state index is -0.225. The van der Waals surface area contributed by atoms with Crippen molar-refractivity contribution in [3.63, 3.8) is 0 Å². The van der Waals surface area contributed by atoms with Crippen LogP contribution in [0, 0.1) is 0 Å². The van der Waals surface area contributed by atoms with Gasteiger partial charge in [0.2, 0.25) is 5.78 Å². The number of aromatic nitrogens is 2. The highest BCUT2D eigenvalue weighted by molar-refractivity contribution is 9.10. The highest BCUT2D eigenvalue weighted by Crippen LogP contribution is 2.26. The molecular weight excluding hydrogens is 339 g/mol. The van der Waals surface area contributed by atoms with Gasteiger partial charge in [0.15, 0.2) is 0 Å². The van der Waals surface area contributed by atoms with Crippen LogP contribution in [-0.4, -0.2) is 15.6 Å². The number of benzene rings is 1. The minimum Gasteiger partial charge on any atom is -0.287 e. The lowest BCUT2D eigenvalue weighted by atomic mass is 10.1. The van der Waals surface area contributed by atoms with Gasteiger partial charge in [-0.2, -0.15) is 5.10 Å². The molecule has 0 fully saturated rings. The van der Waals surface area contributed by atoms with Crippen molar-refractivity contribution in [2.75, 3.05) is 0 Å². The molecule has 0 bridgehead atoms. The van der Waals surface area contributed by atoms with Crippen molar-refractivity contribution in [2.24, 2.45) is 0 Å². The number of ketones is 1. The Morgan fingerprint density at radius 1 is 1.39 bits per heavy atom. The van der Waals surface area contributed by atoms with E-state index in [0.717, 1.165) is 4.47 Å². The van der Waals surface area contributed by atoms with Gasteiger partial charge < -0.3 is 0 Å². The average Bonchev–Trinajstić information content (AvgIpc) is 2.69. The van der Waals surface area contributed by atoms with Crippen LogP contribution in [0.15, 0.2) is 28.9 Å². The molecule has 18 heavy (non-hydrogen) atoms. The van der Waals surface area contributed by atoms with Gasteiger partial charge in [-0.05, 0) is 25.1 Å². The lowest BCUT2D eigenvalue weighted by Gasteiger charge is -2.06. The third-order valence-electron chi connectivity index (χ3n) is 2.49. The molecule has 3 nitrogen and oxygen atoms in total. The second kappa shape index (κ2) is 5.43. The summed E-state index contributed by atoms with van der Waals surface area (Å²) in [7, 11) is 0. The van der Waals surface area contributed by atoms with Gasteiger partial charge in [0, 0.05) is 16.6 Å². The van der Waals surface area contributed by atoms with Crippen LogP contribution in [0.5, 0.6) is 0 Å². The van der Waals surface area contributed by atoms with Crippen LogP contribution in [0.3, 0.4) is 0 Å². The van der Waals surface area contributed by atoms with Crippen molar-refractivity contribution < 1.29 is 4.79 Å². The zero-order valence-electron chi connectivity index (χ0n) is 9.45. The third kappa shape index (κ3) is 2.46. The van der Waals surface area contributed by atoms with Gasteiger partial charge in [0.1, 0.15) is 5.69 Å². The highest BCUT2D eigenvalue weighted by atomic mass is 79.9. The zero-order chi connectivity index (χ0) is 13.3. The quantitative estimate of drug-likeness (QED) is 0.780. The Hall–Kier alpha value is -0.840. The van der Waals surface area contributed by atoms with Gasteiger partial charge in [-0.3, -0.25) is 9.48 Å². The molecule has 1 heterocycles. The summed E-state index contributed by atoms with van der Waals surface area (Å²) in [6, 6.07) is 5.10. The number of hydrogen-bond donors (Lipinski definition) is 0. The number of nitrogens with zero attached hydrogens (tertiary/aromatic N) is 2. The molecule has 0 radical (unpaired) electrons. The van der Waals surface area contributed by atoms with E-state index >= 15 is 0 Å². The Balaban J connectivity index is 2.51. The molecule has 0 atom stereocenters. The molecule has 1 aromatic carbocycles. The topological polar surface area (TPSA) is 34.9 Å². The first-order chi connectivity index (χ1) is 8.54. The van der Waals surface area contributed by atoms with Crippen LogP contribution in [-0.2, 0) is 6.54 Å². The van der Waals surface area contributed by atoms with E-state index in [9.17, 15) is 4.79 Å². The molecular formula is C12H9BrCl2N2O. The van der Waals surface area contributed by atoms with E-state index in [2.05, 4.69) is 21.0 Å². The van der Waals surface area contributed by atoms with Gasteiger partial charge in [-0.1, -0.05) is 39.1 Å². The number of halogens is 3. The summed E-state index contributed by atoms with van der Waals surface area (Å²) in [5.41, 5.74) is 0.778. The molecule has 2 aromatic rings. The summed E-state index contributed by atoms with van der Waals surface area (Å²) >= 11 is 15.4. The normalized spacial score (nSPS) is 10.7. The third-order valence-corrected chi connectivity index (χ3v) is 3.57. The molecule has 94 valence electrons. The zero-order valence-corrected chi connectivity index (χ0v) is 12.6. The lowest BCUT2D eigenvalue weighted by Crippen LogP contribution is -2.11. The molecule has 0 spiro atoms. The van der Waals surface area contributed by atoms with Crippen LogP contribution in [0.25, 0.3) is 0 Å². The fraction of sp³-hybridized carbons (Fsp3) is 0.167. The first-order valence-electron chi connectivity index (χ1n) is 5.25. The van der Waals surface area contributed by atoms with Gasteiger partial charge in [0.05, 0.1) is 16.2 Å². The van der Waals surface area contributed by atoms with Crippen molar-refractivity contribution >= 4 is 44.9 Å². The number of rotatable bonds is 3. The van der Waals surface area contributed by atoms with Crippen LogP contribution in [0.2, 0.25) is 10.0 Å². The van der Waals surface area contributed by atoms with Crippen LogP contribution in [0.4, 0.5) is 0 Å². The molecule has 1 aromatic heterocycles. The van der Waals surface area contributed by atoms with E-state index in [0.29, 0.717) is 27.8 Å². The number of aryl methyl sites for hydroxylation is 1. The second-order valence-corrected chi connectivity index (χ2v) is 5.34. The predicted molar refractivity (Wildman–Crippen MR) is 75.5 cm³/mol. The van der Waals surface area contributed by atoms with E-state index in [-0.39, 0.29) is 5.78 Å². The first kappa shape index (κ1) is 13.6. The van der Waals surface area contributed by atoms with Crippen molar-refractivity contribution in [3.05, 3.63) is 50.2 Å². The molecule has 0 N–H and O–H groups in total. The molecule has 0 aliphatic heterocycles. The van der Waals surface area contributed by atoms with Gasteiger partial charge in [-0.25, -0.2) is 0 Å². The van der Waals surface area contributed by atoms with Crippen LogP contribution < -0.4 is 0 Å². The van der Waals surface area contributed by atoms with Gasteiger partial charge >= 0.3 is 0 Å². The van der Waals surface area contributed by atoms with E-state index in [1.807, 2.05) is 6.92 Å². The maximum absolute atomic E-state index is 12.4. The molecule has 0 amide bonds. The molecule has 0 aliphatic carbocycles. The standard InChI is InChI=1S/C12H9BrCl2N2O/c1-2-17-11(10(15)6-16-17)12(18)8-4-3-7(13)5-9(8)14/h3-6H,2H2,1H3. The first-order valence-corrected chi connectivity index (χ1v) is 6.80. The fourth-order valence-electron chi connectivity index (χ4n) is 1.63. The Labute approximate surface area is 123 Å². The van der Waals surface area contributed by atoms with Crippen LogP contribution in [0.1, 0.15) is 23.0 Å². The molecule has 2 rings (SSSR count). The maximum atomic E-state index is 12.4. The molecule has 0 saturated heterocycles. The summed E-state index contributed by atoms with van der Waals surface area (Å²) in [6.45, 7) is 2.46. The predicted octanol–water partition coefficient (Wildman–Crippen LogP) is 4.20. The van der Waals surface area contributed by atoms with E-state index in [4.69, 9.17) is 23.2 Å². The number of hydrogen-bond acceptors (Lipinski definition) is 2. The lowest BCUT2D eigenvalue weighted by molar-refractivity contribution is 0.102. The smallest absolute Gasteiger partial charge is 0.214 e. The highest BCUT2D eigenvalue weighted by Gasteiger charge is 2.20. The Morgan fingerprint density at radius 2 is 2.11 bits per heavy atom. The van der Waals surface area contributed by atoms with Gasteiger partial charge in [-0.15, -0.1) is 0 Å². The van der Waals surface area contributed by atoms with Crippen LogP contribution >= 0.6 is 39.1 Å². The summed E-state index contributed by atoms with van der Waals surface area (Å²) in [4.78, 5) is 12.4. The largest absolute Gasteiger partial charge is 0.287 e. The monoisotopic (exact) mass is 346 g/mol. The average molecular weight is 348 g/mol. The van der Waals surface area contributed by atoms with E-state index < -0.39 is 0 Å². The van der Waals surface area contributed by atoms with E-state index in [1.165, 1.54) is 6.20 Å². The molecule has 0 unspecified atom stereocenters. The molecule has 0 aliphatic rings. The fourth-order valence-corrected chi connectivity index (χ4v) is 2.62. The van der Waals surface area contributed by atoms with E-state index in [1.54, 1.807) is 22.9 Å². The Bertz CT molecular complexity index is 610. The summed E-state index contributed by atoms with van der Waals surface area (Å²) in [5, 5.41) is 4.76. The number of carbonyl (C=O) groups is 1. The summed E-state index contributed by atoms with van der Waals surface area (Å²) in [5.74, 6) is -0.225. The SMILES string of the molecule is CCn1ncc(Cl)c1C(=O)c1ccc(Br)cc1Cl. The second-order valence-electron chi connectivity index (χ2n) is 3.61. The molecule has 0 saturated carbocycles. The number of carbonyl (C=O) groups excluding carboxylic acids is 1. The summed E-state index contributed by atoms with van der Waals surface area (Å²) < 4.78 is 2.38.